The lowest BCUT2D eigenvalue weighted by atomic mass is 10.2. The first kappa shape index (κ1) is 17.3. The predicted molar refractivity (Wildman–Crippen MR) is 62.6 cm³/mol. The van der Waals surface area contributed by atoms with Crippen LogP contribution in [0.15, 0.2) is 0 Å². The highest BCUT2D eigenvalue weighted by atomic mass is 35.5. The second kappa shape index (κ2) is 5.13. The summed E-state index contributed by atoms with van der Waals surface area (Å²) in [5.74, 6) is -1.58. The Labute approximate surface area is 110 Å². The molecule has 4 nitrogen and oxygen atoms in total. The number of alkyl carbamates (subject to hydrolysis) is 1. The van der Waals surface area contributed by atoms with Crippen LogP contribution in [0.1, 0.15) is 27.2 Å². The Hall–Kier alpha value is -0.690. The SMILES string of the molecule is CC(C)(C)OC(=O)N[C@]1(CN)C[C@H]1C(F)(F)F.Cl. The number of carbonyl (C=O) groups is 1. The summed E-state index contributed by atoms with van der Waals surface area (Å²) in [4.78, 5) is 11.4. The molecule has 1 saturated carbocycles. The number of nitrogens with one attached hydrogen (secondary N) is 1. The molecule has 108 valence electrons. The van der Waals surface area contributed by atoms with Crippen molar-refractivity contribution in [2.75, 3.05) is 6.54 Å². The molecule has 0 aromatic rings. The van der Waals surface area contributed by atoms with Crippen LogP contribution < -0.4 is 11.1 Å². The van der Waals surface area contributed by atoms with Gasteiger partial charge in [-0.05, 0) is 27.2 Å². The summed E-state index contributed by atoms with van der Waals surface area (Å²) < 4.78 is 42.3. The van der Waals surface area contributed by atoms with E-state index >= 15 is 0 Å². The Bertz CT molecular complexity index is 317. The number of amides is 1. The van der Waals surface area contributed by atoms with E-state index in [2.05, 4.69) is 5.32 Å². The van der Waals surface area contributed by atoms with Gasteiger partial charge in [-0.15, -0.1) is 12.4 Å². The lowest BCUT2D eigenvalue weighted by Crippen LogP contribution is -2.48. The monoisotopic (exact) mass is 290 g/mol. The molecular weight excluding hydrogens is 273 g/mol. The Morgan fingerprint density at radius 2 is 1.94 bits per heavy atom. The number of halogens is 4. The predicted octanol–water partition coefficient (Wildman–Crippen LogP) is 2.21. The number of carbonyl (C=O) groups excluding carboxylic acids is 1. The zero-order valence-electron chi connectivity index (χ0n) is 10.4. The van der Waals surface area contributed by atoms with Gasteiger partial charge in [0.05, 0.1) is 11.5 Å². The quantitative estimate of drug-likeness (QED) is 0.819. The van der Waals surface area contributed by atoms with Crippen LogP contribution in [-0.2, 0) is 4.74 Å². The lowest BCUT2D eigenvalue weighted by Gasteiger charge is -2.23. The average Bonchev–Trinajstić information content (AvgIpc) is 2.75. The molecule has 0 heterocycles. The number of nitrogens with two attached hydrogens (primary N) is 1. The topological polar surface area (TPSA) is 64.3 Å². The van der Waals surface area contributed by atoms with Gasteiger partial charge in [0, 0.05) is 6.54 Å². The number of alkyl halides is 3. The van der Waals surface area contributed by atoms with Crippen LogP contribution in [0.2, 0.25) is 0 Å². The summed E-state index contributed by atoms with van der Waals surface area (Å²) in [5.41, 5.74) is 3.16. The highest BCUT2D eigenvalue weighted by Gasteiger charge is 2.67. The minimum atomic E-state index is -4.34. The van der Waals surface area contributed by atoms with Crippen molar-refractivity contribution in [1.82, 2.24) is 5.32 Å². The van der Waals surface area contributed by atoms with Crippen LogP contribution in [0.5, 0.6) is 0 Å². The van der Waals surface area contributed by atoms with E-state index in [0.29, 0.717) is 0 Å². The van der Waals surface area contributed by atoms with Crippen LogP contribution in [0.25, 0.3) is 0 Å². The molecule has 1 aliphatic carbocycles. The molecule has 3 N–H and O–H groups in total. The maximum absolute atomic E-state index is 12.5. The molecule has 0 aromatic heterocycles. The fourth-order valence-electron chi connectivity index (χ4n) is 1.66. The van der Waals surface area contributed by atoms with E-state index < -0.39 is 29.3 Å². The van der Waals surface area contributed by atoms with Crippen molar-refractivity contribution in [3.63, 3.8) is 0 Å². The van der Waals surface area contributed by atoms with E-state index in [1.54, 1.807) is 20.8 Å². The molecular formula is C10H18ClF3N2O2. The largest absolute Gasteiger partial charge is 0.444 e. The van der Waals surface area contributed by atoms with E-state index in [-0.39, 0.29) is 25.4 Å². The standard InChI is InChI=1S/C10H17F3N2O2.ClH/c1-8(2,3)17-7(16)15-9(5-14)4-6(9)10(11,12)13;/h6H,4-5,14H2,1-3H3,(H,15,16);1H/t6-,9+;/m1./s1. The first-order valence-electron chi connectivity index (χ1n) is 5.28. The third-order valence-electron chi connectivity index (χ3n) is 2.58. The maximum Gasteiger partial charge on any atom is 0.408 e. The van der Waals surface area contributed by atoms with Gasteiger partial charge in [0.1, 0.15) is 5.60 Å². The molecule has 1 amide bonds. The Morgan fingerprint density at radius 1 is 1.44 bits per heavy atom. The summed E-state index contributed by atoms with van der Waals surface area (Å²) in [6, 6.07) is 0. The molecule has 0 radical (unpaired) electrons. The van der Waals surface area contributed by atoms with E-state index in [9.17, 15) is 18.0 Å². The fourth-order valence-corrected chi connectivity index (χ4v) is 1.66. The summed E-state index contributed by atoms with van der Waals surface area (Å²) in [6.07, 6.45) is -5.39. The highest BCUT2D eigenvalue weighted by molar-refractivity contribution is 5.85. The van der Waals surface area contributed by atoms with Crippen molar-refractivity contribution in [2.24, 2.45) is 11.7 Å². The Balaban J connectivity index is 0.00000289. The summed E-state index contributed by atoms with van der Waals surface area (Å²) in [7, 11) is 0. The van der Waals surface area contributed by atoms with Crippen molar-refractivity contribution in [3.8, 4) is 0 Å². The summed E-state index contributed by atoms with van der Waals surface area (Å²) in [6.45, 7) is 4.65. The lowest BCUT2D eigenvalue weighted by molar-refractivity contribution is -0.152. The van der Waals surface area contributed by atoms with Crippen molar-refractivity contribution < 1.29 is 22.7 Å². The van der Waals surface area contributed by atoms with Gasteiger partial charge in [-0.25, -0.2) is 4.79 Å². The van der Waals surface area contributed by atoms with Crippen molar-refractivity contribution >= 4 is 18.5 Å². The van der Waals surface area contributed by atoms with Gasteiger partial charge < -0.3 is 15.8 Å². The van der Waals surface area contributed by atoms with E-state index in [4.69, 9.17) is 10.5 Å². The third-order valence-corrected chi connectivity index (χ3v) is 2.58. The number of hydrogen-bond acceptors (Lipinski definition) is 3. The summed E-state index contributed by atoms with van der Waals surface area (Å²) in [5, 5.41) is 2.22. The molecule has 8 heteroatoms. The smallest absolute Gasteiger partial charge is 0.408 e. The molecule has 18 heavy (non-hydrogen) atoms. The van der Waals surface area contributed by atoms with Gasteiger partial charge in [0.25, 0.3) is 0 Å². The molecule has 1 aliphatic rings. The van der Waals surface area contributed by atoms with Crippen molar-refractivity contribution in [2.45, 2.75) is 44.5 Å². The van der Waals surface area contributed by atoms with E-state index in [0.717, 1.165) is 0 Å². The third kappa shape index (κ3) is 4.20. The molecule has 0 unspecified atom stereocenters. The van der Waals surface area contributed by atoms with Crippen LogP contribution in [0.3, 0.4) is 0 Å². The van der Waals surface area contributed by atoms with Gasteiger partial charge in [0.15, 0.2) is 0 Å². The second-order valence-corrected chi connectivity index (χ2v) is 5.29. The van der Waals surface area contributed by atoms with Gasteiger partial charge in [-0.2, -0.15) is 13.2 Å². The molecule has 0 aromatic carbocycles. The van der Waals surface area contributed by atoms with Gasteiger partial charge in [0.2, 0.25) is 0 Å². The second-order valence-electron chi connectivity index (χ2n) is 5.29. The van der Waals surface area contributed by atoms with Gasteiger partial charge in [-0.3, -0.25) is 0 Å². The first-order chi connectivity index (χ1) is 7.50. The van der Waals surface area contributed by atoms with Crippen LogP contribution >= 0.6 is 12.4 Å². The van der Waals surface area contributed by atoms with Gasteiger partial charge >= 0.3 is 12.3 Å². The minimum absolute atomic E-state index is 0. The summed E-state index contributed by atoms with van der Waals surface area (Å²) >= 11 is 0. The van der Waals surface area contributed by atoms with Crippen LogP contribution in [-0.4, -0.2) is 30.0 Å². The Kier molecular flexibility index (Phi) is 4.93. The molecule has 1 fully saturated rings. The van der Waals surface area contributed by atoms with Crippen LogP contribution in [0, 0.1) is 5.92 Å². The Morgan fingerprint density at radius 3 is 2.22 bits per heavy atom. The molecule has 0 spiro atoms. The number of ether oxygens (including phenoxy) is 1. The molecule has 0 bridgehead atoms. The molecule has 0 aliphatic heterocycles. The molecule has 2 atom stereocenters. The first-order valence-corrected chi connectivity index (χ1v) is 5.28. The highest BCUT2D eigenvalue weighted by Crippen LogP contribution is 2.52. The zero-order chi connectivity index (χ0) is 13.5. The average molecular weight is 291 g/mol. The van der Waals surface area contributed by atoms with Crippen molar-refractivity contribution in [1.29, 1.82) is 0 Å². The molecule has 1 rings (SSSR count). The number of hydrogen-bond donors (Lipinski definition) is 2. The normalized spacial score (nSPS) is 27.2. The van der Waals surface area contributed by atoms with Crippen LogP contribution in [0.4, 0.5) is 18.0 Å². The van der Waals surface area contributed by atoms with Gasteiger partial charge in [-0.1, -0.05) is 0 Å². The van der Waals surface area contributed by atoms with E-state index in [1.807, 2.05) is 0 Å². The van der Waals surface area contributed by atoms with Crippen molar-refractivity contribution in [3.05, 3.63) is 0 Å². The minimum Gasteiger partial charge on any atom is -0.444 e. The fraction of sp³-hybridized carbons (Fsp3) is 0.900. The molecule has 0 saturated heterocycles. The maximum atomic E-state index is 12.5. The number of rotatable bonds is 2. The van der Waals surface area contributed by atoms with E-state index in [1.165, 1.54) is 0 Å². The zero-order valence-corrected chi connectivity index (χ0v) is 11.2.